The quantitative estimate of drug-likeness (QED) is 0.650. The summed E-state index contributed by atoms with van der Waals surface area (Å²) in [5.74, 6) is -0.183. The molecule has 0 aliphatic rings. The van der Waals surface area contributed by atoms with Crippen molar-refractivity contribution in [2.45, 2.75) is 13.5 Å². The topological polar surface area (TPSA) is 54.0 Å². The highest BCUT2D eigenvalue weighted by Gasteiger charge is 2.08. The van der Waals surface area contributed by atoms with Gasteiger partial charge in [0.1, 0.15) is 5.69 Å². The Balaban J connectivity index is 1.61. The molecule has 25 heavy (non-hydrogen) atoms. The van der Waals surface area contributed by atoms with Crippen LogP contribution < -0.4 is 10.6 Å². The van der Waals surface area contributed by atoms with Crippen molar-refractivity contribution in [3.8, 4) is 0 Å². The fourth-order valence-electron chi connectivity index (χ4n) is 2.41. The second kappa shape index (κ2) is 7.94. The van der Waals surface area contributed by atoms with E-state index in [1.165, 1.54) is 0 Å². The van der Waals surface area contributed by atoms with Gasteiger partial charge in [0.25, 0.3) is 5.91 Å². The smallest absolute Gasteiger partial charge is 0.270 e. The van der Waals surface area contributed by atoms with Gasteiger partial charge >= 0.3 is 0 Å². The normalized spacial score (nSPS) is 10.3. The molecule has 2 aromatic carbocycles. The van der Waals surface area contributed by atoms with Gasteiger partial charge in [0.05, 0.1) is 11.9 Å². The summed E-state index contributed by atoms with van der Waals surface area (Å²) in [7, 11) is 0. The van der Waals surface area contributed by atoms with Gasteiger partial charge in [0.2, 0.25) is 0 Å². The van der Waals surface area contributed by atoms with Gasteiger partial charge in [-0.1, -0.05) is 46.3 Å². The summed E-state index contributed by atoms with van der Waals surface area (Å²) in [6.07, 6.45) is 1.66. The van der Waals surface area contributed by atoms with Crippen molar-refractivity contribution in [2.75, 3.05) is 5.32 Å². The molecule has 0 radical (unpaired) electrons. The minimum Gasteiger partial charge on any atom is -0.354 e. The number of aryl methyl sites for hydroxylation is 1. The Bertz CT molecular complexity index is 878. The van der Waals surface area contributed by atoms with Crippen LogP contribution in [0.2, 0.25) is 0 Å². The molecule has 0 unspecified atom stereocenters. The molecule has 0 saturated heterocycles. The van der Waals surface area contributed by atoms with Gasteiger partial charge in [-0.25, -0.2) is 4.98 Å². The molecule has 0 fully saturated rings. The van der Waals surface area contributed by atoms with Crippen molar-refractivity contribution < 1.29 is 4.79 Å². The molecular weight excluding hydrogens is 378 g/mol. The maximum absolute atomic E-state index is 12.2. The molecule has 0 atom stereocenters. The van der Waals surface area contributed by atoms with E-state index in [1.807, 2.05) is 61.5 Å². The van der Waals surface area contributed by atoms with Crippen LogP contribution in [0.25, 0.3) is 0 Å². The highest BCUT2D eigenvalue weighted by Crippen LogP contribution is 2.20. The van der Waals surface area contributed by atoms with Crippen molar-refractivity contribution in [3.63, 3.8) is 0 Å². The standard InChI is InChI=1S/C20H18BrN3O/c1-14-5-2-3-6-15(14)12-23-20(25)19-10-9-18(13-22-19)24-17-8-4-7-16(21)11-17/h2-11,13,24H,12H2,1H3,(H,23,25). The van der Waals surface area contributed by atoms with Crippen LogP contribution in [0, 0.1) is 6.92 Å². The van der Waals surface area contributed by atoms with Crippen LogP contribution in [0.3, 0.4) is 0 Å². The number of rotatable bonds is 5. The minimum absolute atomic E-state index is 0.183. The molecule has 4 nitrogen and oxygen atoms in total. The van der Waals surface area contributed by atoms with Crippen LogP contribution in [-0.4, -0.2) is 10.9 Å². The maximum atomic E-state index is 12.2. The van der Waals surface area contributed by atoms with Gasteiger partial charge in [-0.05, 0) is 48.4 Å². The van der Waals surface area contributed by atoms with Gasteiger partial charge in [-0.3, -0.25) is 4.79 Å². The Morgan fingerprint density at radius 1 is 1.04 bits per heavy atom. The van der Waals surface area contributed by atoms with Gasteiger partial charge in [-0.15, -0.1) is 0 Å². The van der Waals surface area contributed by atoms with Crippen molar-refractivity contribution >= 4 is 33.2 Å². The number of hydrogen-bond acceptors (Lipinski definition) is 3. The number of nitrogens with zero attached hydrogens (tertiary/aromatic N) is 1. The zero-order chi connectivity index (χ0) is 17.6. The Morgan fingerprint density at radius 3 is 2.60 bits per heavy atom. The van der Waals surface area contributed by atoms with Gasteiger partial charge in [-0.2, -0.15) is 0 Å². The number of amides is 1. The first-order valence-corrected chi connectivity index (χ1v) is 8.72. The summed E-state index contributed by atoms with van der Waals surface area (Å²) in [4.78, 5) is 16.5. The summed E-state index contributed by atoms with van der Waals surface area (Å²) < 4.78 is 0.998. The highest BCUT2D eigenvalue weighted by atomic mass is 79.9. The summed E-state index contributed by atoms with van der Waals surface area (Å²) in [5, 5.41) is 6.16. The van der Waals surface area contributed by atoms with Crippen LogP contribution in [0.4, 0.5) is 11.4 Å². The predicted molar refractivity (Wildman–Crippen MR) is 104 cm³/mol. The fraction of sp³-hybridized carbons (Fsp3) is 0.100. The maximum Gasteiger partial charge on any atom is 0.270 e. The molecule has 1 amide bonds. The van der Waals surface area contributed by atoms with Crippen molar-refractivity contribution in [2.24, 2.45) is 0 Å². The molecule has 126 valence electrons. The van der Waals surface area contributed by atoms with Crippen LogP contribution in [0.15, 0.2) is 71.3 Å². The lowest BCUT2D eigenvalue weighted by molar-refractivity contribution is 0.0946. The molecule has 3 rings (SSSR count). The average molecular weight is 396 g/mol. The lowest BCUT2D eigenvalue weighted by Crippen LogP contribution is -2.24. The minimum atomic E-state index is -0.183. The highest BCUT2D eigenvalue weighted by molar-refractivity contribution is 9.10. The molecular formula is C20H18BrN3O. The predicted octanol–water partition coefficient (Wildman–Crippen LogP) is 4.83. The third-order valence-electron chi connectivity index (χ3n) is 3.81. The van der Waals surface area contributed by atoms with E-state index in [4.69, 9.17) is 0 Å². The molecule has 3 aromatic rings. The van der Waals surface area contributed by atoms with Crippen LogP contribution in [-0.2, 0) is 6.54 Å². The van der Waals surface area contributed by atoms with Crippen LogP contribution in [0.1, 0.15) is 21.6 Å². The van der Waals surface area contributed by atoms with Crippen LogP contribution in [0.5, 0.6) is 0 Å². The number of carbonyl (C=O) groups is 1. The Kier molecular flexibility index (Phi) is 5.46. The Morgan fingerprint density at radius 2 is 1.88 bits per heavy atom. The second-order valence-corrected chi connectivity index (χ2v) is 6.59. The SMILES string of the molecule is Cc1ccccc1CNC(=O)c1ccc(Nc2cccc(Br)c2)cn1. The van der Waals surface area contributed by atoms with E-state index < -0.39 is 0 Å². The van der Waals surface area contributed by atoms with Crippen molar-refractivity contribution in [1.82, 2.24) is 10.3 Å². The Hall–Kier alpha value is -2.66. The summed E-state index contributed by atoms with van der Waals surface area (Å²) in [6, 6.07) is 19.4. The van der Waals surface area contributed by atoms with Crippen LogP contribution >= 0.6 is 15.9 Å². The molecule has 5 heteroatoms. The third-order valence-corrected chi connectivity index (χ3v) is 4.30. The number of anilines is 2. The molecule has 0 spiro atoms. The second-order valence-electron chi connectivity index (χ2n) is 5.68. The van der Waals surface area contributed by atoms with E-state index in [2.05, 4.69) is 31.5 Å². The van der Waals surface area contributed by atoms with Gasteiger partial charge in [0.15, 0.2) is 0 Å². The summed E-state index contributed by atoms with van der Waals surface area (Å²) >= 11 is 3.44. The summed E-state index contributed by atoms with van der Waals surface area (Å²) in [6.45, 7) is 2.52. The zero-order valence-electron chi connectivity index (χ0n) is 13.8. The zero-order valence-corrected chi connectivity index (χ0v) is 15.4. The molecule has 0 aliphatic heterocycles. The Labute approximate surface area is 155 Å². The molecule has 2 N–H and O–H groups in total. The number of halogens is 1. The number of benzene rings is 2. The van der Waals surface area contributed by atoms with Gasteiger partial charge < -0.3 is 10.6 Å². The fourth-order valence-corrected chi connectivity index (χ4v) is 2.81. The number of nitrogens with one attached hydrogen (secondary N) is 2. The van der Waals surface area contributed by atoms with E-state index in [0.717, 1.165) is 27.0 Å². The number of pyridine rings is 1. The first kappa shape index (κ1) is 17.2. The molecule has 0 bridgehead atoms. The number of hydrogen-bond donors (Lipinski definition) is 2. The van der Waals surface area contributed by atoms with E-state index >= 15 is 0 Å². The summed E-state index contributed by atoms with van der Waals surface area (Å²) in [5.41, 5.74) is 4.43. The largest absolute Gasteiger partial charge is 0.354 e. The monoisotopic (exact) mass is 395 g/mol. The lowest BCUT2D eigenvalue weighted by Gasteiger charge is -2.09. The molecule has 0 aliphatic carbocycles. The first-order valence-electron chi connectivity index (χ1n) is 7.93. The number of carbonyl (C=O) groups excluding carboxylic acids is 1. The number of aromatic nitrogens is 1. The lowest BCUT2D eigenvalue weighted by atomic mass is 10.1. The van der Waals surface area contributed by atoms with Crippen molar-refractivity contribution in [3.05, 3.63) is 88.2 Å². The van der Waals surface area contributed by atoms with E-state index in [-0.39, 0.29) is 5.91 Å². The molecule has 1 heterocycles. The van der Waals surface area contributed by atoms with Crippen molar-refractivity contribution in [1.29, 1.82) is 0 Å². The van der Waals surface area contributed by atoms with Gasteiger partial charge in [0, 0.05) is 16.7 Å². The molecule has 0 saturated carbocycles. The molecule has 1 aromatic heterocycles. The van der Waals surface area contributed by atoms with E-state index in [1.54, 1.807) is 12.3 Å². The van der Waals surface area contributed by atoms with E-state index in [9.17, 15) is 4.79 Å². The van der Waals surface area contributed by atoms with E-state index in [0.29, 0.717) is 12.2 Å². The third kappa shape index (κ3) is 4.67. The average Bonchev–Trinajstić information content (AvgIpc) is 2.61. The first-order chi connectivity index (χ1) is 12.1.